The lowest BCUT2D eigenvalue weighted by Gasteiger charge is -2.13. The lowest BCUT2D eigenvalue weighted by Crippen LogP contribution is -2.15. The lowest BCUT2D eigenvalue weighted by atomic mass is 10.4. The van der Waals surface area contributed by atoms with E-state index in [2.05, 4.69) is 11.3 Å². The van der Waals surface area contributed by atoms with Crippen LogP contribution in [0.4, 0.5) is 0 Å². The normalized spacial score (nSPS) is 13.7. The van der Waals surface area contributed by atoms with Crippen molar-refractivity contribution in [3.8, 4) is 0 Å². The molecule has 0 saturated heterocycles. The Morgan fingerprint density at radius 1 is 1.67 bits per heavy atom. The molecule has 0 aliphatic rings. The summed E-state index contributed by atoms with van der Waals surface area (Å²) in [5, 5.41) is 0. The van der Waals surface area contributed by atoms with Crippen LogP contribution in [0.3, 0.4) is 0 Å². The van der Waals surface area contributed by atoms with E-state index in [4.69, 9.17) is 9.79 Å². The maximum Gasteiger partial charge on any atom is 1.00 e. The van der Waals surface area contributed by atoms with Crippen molar-refractivity contribution in [1.82, 2.24) is 0 Å². The third kappa shape index (κ3) is 3.67. The standard InChI is InChI=1S/C6H11O5P/c1-4(2)6(7)11-5(3)12(8,9)10/h5H,1H2,2-3H3,(H2,8,9,10)/p+1. The Bertz CT molecular complexity index is 245. The molecule has 0 fully saturated rings. The quantitative estimate of drug-likeness (QED) is 0.394. The van der Waals surface area contributed by atoms with E-state index in [1.165, 1.54) is 6.92 Å². The van der Waals surface area contributed by atoms with E-state index < -0.39 is 19.4 Å². The molecule has 0 radical (unpaired) electrons. The Morgan fingerprint density at radius 3 is 2.33 bits per heavy atom. The Labute approximate surface area is 71.7 Å². The van der Waals surface area contributed by atoms with Gasteiger partial charge in [0.25, 0.3) is 0 Å². The molecule has 12 heavy (non-hydrogen) atoms. The number of esters is 1. The van der Waals surface area contributed by atoms with Gasteiger partial charge in [-0.05, 0) is 13.8 Å². The summed E-state index contributed by atoms with van der Waals surface area (Å²) in [6.07, 6.45) is 0. The molecule has 70 valence electrons. The molecule has 2 N–H and O–H groups in total. The molecule has 0 saturated carbocycles. The Kier molecular flexibility index (Phi) is 3.64. The molecule has 1 atom stereocenters. The highest BCUT2D eigenvalue weighted by molar-refractivity contribution is 7.52. The predicted molar refractivity (Wildman–Crippen MR) is 43.5 cm³/mol. The van der Waals surface area contributed by atoms with Gasteiger partial charge in [-0.15, -0.1) is 0 Å². The smallest absolute Gasteiger partial charge is 0.446 e. The van der Waals surface area contributed by atoms with Crippen molar-refractivity contribution in [2.45, 2.75) is 19.7 Å². The average Bonchev–Trinajstić information content (AvgIpc) is 1.85. The van der Waals surface area contributed by atoms with Crippen molar-refractivity contribution in [2.75, 3.05) is 0 Å². The number of rotatable bonds is 3. The van der Waals surface area contributed by atoms with Gasteiger partial charge in [0.2, 0.25) is 0 Å². The summed E-state index contributed by atoms with van der Waals surface area (Å²) in [6.45, 7) is 5.79. The van der Waals surface area contributed by atoms with E-state index in [9.17, 15) is 9.36 Å². The molecule has 0 aromatic rings. The largest absolute Gasteiger partial charge is 1.00 e. The first-order valence-electron chi connectivity index (χ1n) is 3.17. The van der Waals surface area contributed by atoms with Crippen LogP contribution in [0.2, 0.25) is 0 Å². The Hall–Kier alpha value is -0.640. The molecule has 0 spiro atoms. The van der Waals surface area contributed by atoms with Crippen molar-refractivity contribution in [1.29, 1.82) is 0 Å². The first-order valence-corrected chi connectivity index (χ1v) is 4.85. The number of hydrogen-bond acceptors (Lipinski definition) is 3. The molecule has 0 aliphatic carbocycles. The maximum absolute atomic E-state index is 10.7. The molecule has 0 aromatic heterocycles. The van der Waals surface area contributed by atoms with Crippen LogP contribution < -0.4 is 0 Å². The minimum Gasteiger partial charge on any atom is -0.446 e. The average molecular weight is 195 g/mol. The van der Waals surface area contributed by atoms with Gasteiger partial charge in [0.15, 0.2) is 5.85 Å². The number of carbonyl (C=O) groups is 1. The highest BCUT2D eigenvalue weighted by Gasteiger charge is 2.27. The Balaban J connectivity index is 0. The molecular weight excluding hydrogens is 183 g/mol. The first-order chi connectivity index (χ1) is 5.25. The van der Waals surface area contributed by atoms with Crippen LogP contribution in [0.15, 0.2) is 12.2 Å². The molecular formula is C6H12O5P+. The van der Waals surface area contributed by atoms with Crippen molar-refractivity contribution in [2.24, 2.45) is 0 Å². The third-order valence-corrected chi connectivity index (χ3v) is 2.15. The zero-order chi connectivity index (χ0) is 9.94. The van der Waals surface area contributed by atoms with E-state index in [1.54, 1.807) is 0 Å². The van der Waals surface area contributed by atoms with Crippen LogP contribution in [0.1, 0.15) is 15.3 Å². The Morgan fingerprint density at radius 2 is 2.08 bits per heavy atom. The van der Waals surface area contributed by atoms with Gasteiger partial charge in [-0.2, -0.15) is 0 Å². The van der Waals surface area contributed by atoms with Crippen LogP contribution in [0.5, 0.6) is 0 Å². The van der Waals surface area contributed by atoms with Crippen LogP contribution in [-0.4, -0.2) is 21.6 Å². The fourth-order valence-corrected chi connectivity index (χ4v) is 0.557. The van der Waals surface area contributed by atoms with Gasteiger partial charge in [0.05, 0.1) is 0 Å². The topological polar surface area (TPSA) is 83.8 Å². The first kappa shape index (κ1) is 11.4. The number of hydrogen-bond donors (Lipinski definition) is 2. The summed E-state index contributed by atoms with van der Waals surface area (Å²) in [6, 6.07) is 0. The van der Waals surface area contributed by atoms with Gasteiger partial charge >= 0.3 is 15.0 Å². The zero-order valence-electron chi connectivity index (χ0n) is 7.85. The molecule has 0 bridgehead atoms. The maximum atomic E-state index is 10.7. The van der Waals surface area contributed by atoms with Crippen molar-refractivity contribution < 1.29 is 25.3 Å². The predicted octanol–water partition coefficient (Wildman–Crippen LogP) is 0.742. The van der Waals surface area contributed by atoms with Gasteiger partial charge < -0.3 is 14.5 Å². The molecule has 0 aliphatic heterocycles. The zero-order valence-corrected chi connectivity index (χ0v) is 7.75. The second kappa shape index (κ2) is 3.85. The summed E-state index contributed by atoms with van der Waals surface area (Å²) in [5.74, 6) is -2.22. The van der Waals surface area contributed by atoms with Crippen molar-refractivity contribution >= 4 is 13.6 Å². The van der Waals surface area contributed by atoms with Gasteiger partial charge in [-0.1, -0.05) is 6.58 Å². The summed E-state index contributed by atoms with van der Waals surface area (Å²) < 4.78 is 14.9. The lowest BCUT2D eigenvalue weighted by molar-refractivity contribution is -0.140. The monoisotopic (exact) mass is 195 g/mol. The SMILES string of the molecule is C=C(C)C(=O)OC(C)P(=O)(O)O.[H+]. The summed E-state index contributed by atoms with van der Waals surface area (Å²) >= 11 is 0. The van der Waals surface area contributed by atoms with Gasteiger partial charge in [-0.3, -0.25) is 4.57 Å². The van der Waals surface area contributed by atoms with Crippen molar-refractivity contribution in [3.63, 3.8) is 0 Å². The molecule has 5 nitrogen and oxygen atoms in total. The summed E-state index contributed by atoms with van der Waals surface area (Å²) in [7, 11) is -4.33. The fraction of sp³-hybridized carbons (Fsp3) is 0.500. The van der Waals surface area contributed by atoms with Crippen molar-refractivity contribution in [3.05, 3.63) is 12.2 Å². The molecule has 6 heteroatoms. The van der Waals surface area contributed by atoms with E-state index in [0.717, 1.165) is 6.92 Å². The minimum absolute atomic E-state index is 0. The van der Waals surface area contributed by atoms with E-state index >= 15 is 0 Å². The highest BCUT2D eigenvalue weighted by atomic mass is 31.2. The molecule has 0 amide bonds. The molecule has 0 heterocycles. The minimum atomic E-state index is -4.33. The van der Waals surface area contributed by atoms with E-state index in [0.29, 0.717) is 0 Å². The summed E-state index contributed by atoms with van der Waals surface area (Å²) in [5.41, 5.74) is 0.107. The summed E-state index contributed by atoms with van der Waals surface area (Å²) in [4.78, 5) is 27.8. The third-order valence-electron chi connectivity index (χ3n) is 1.10. The van der Waals surface area contributed by atoms with E-state index in [1.807, 2.05) is 0 Å². The molecule has 0 rings (SSSR count). The molecule has 1 unspecified atom stereocenters. The van der Waals surface area contributed by atoms with E-state index in [-0.39, 0.29) is 7.00 Å². The number of ether oxygens (including phenoxy) is 1. The van der Waals surface area contributed by atoms with Crippen LogP contribution in [0, 0.1) is 0 Å². The second-order valence-electron chi connectivity index (χ2n) is 2.37. The highest BCUT2D eigenvalue weighted by Crippen LogP contribution is 2.41. The van der Waals surface area contributed by atoms with Gasteiger partial charge in [-0.25, -0.2) is 4.79 Å². The van der Waals surface area contributed by atoms with Crippen LogP contribution >= 0.6 is 7.60 Å². The fourth-order valence-electron chi connectivity index (χ4n) is 0.324. The van der Waals surface area contributed by atoms with Gasteiger partial charge in [0, 0.05) is 5.57 Å². The van der Waals surface area contributed by atoms with Gasteiger partial charge in [0.1, 0.15) is 0 Å². The van der Waals surface area contributed by atoms with Crippen LogP contribution in [0.25, 0.3) is 0 Å². The van der Waals surface area contributed by atoms with Crippen LogP contribution in [-0.2, 0) is 14.1 Å². The second-order valence-corrected chi connectivity index (χ2v) is 4.28. The number of carbonyl (C=O) groups excluding carboxylic acids is 1. The molecule has 0 aromatic carbocycles.